The van der Waals surface area contributed by atoms with E-state index < -0.39 is 0 Å². The smallest absolute Gasteiger partial charge is 0.127 e. The zero-order valence-electron chi connectivity index (χ0n) is 17.2. The van der Waals surface area contributed by atoms with Crippen molar-refractivity contribution >= 4 is 11.6 Å². The molecule has 0 radical (unpaired) electrons. The minimum absolute atomic E-state index is 0.0288. The summed E-state index contributed by atoms with van der Waals surface area (Å²) in [5.74, 6) is 3.18. The van der Waals surface area contributed by atoms with E-state index >= 15 is 0 Å². The minimum atomic E-state index is 0.0288. The van der Waals surface area contributed by atoms with E-state index in [9.17, 15) is 0 Å². The summed E-state index contributed by atoms with van der Waals surface area (Å²) in [6, 6.07) is 26.6. The Morgan fingerprint density at radius 1 is 0.828 bits per heavy atom. The lowest BCUT2D eigenvalue weighted by Crippen LogP contribution is -2.19. The molecule has 0 unspecified atom stereocenters. The normalized spacial score (nSPS) is 11.3. The van der Waals surface area contributed by atoms with Crippen LogP contribution in [0, 0.1) is 0 Å². The van der Waals surface area contributed by atoms with Gasteiger partial charge in [0.25, 0.3) is 0 Å². The Morgan fingerprint density at radius 2 is 1.55 bits per heavy atom. The van der Waals surface area contributed by atoms with E-state index in [4.69, 9.17) is 21.1 Å². The Balaban J connectivity index is 1.60. The summed E-state index contributed by atoms with van der Waals surface area (Å²) >= 11 is 5.80. The number of hydrogen-bond donors (Lipinski definition) is 0. The molecule has 0 aliphatic rings. The SMILES string of the molecule is CC(C)(CCCc1cccc(Oc2ccccc2)c1)c1ccccc1OCCCl. The molecule has 29 heavy (non-hydrogen) atoms. The zero-order chi connectivity index (χ0) is 20.5. The van der Waals surface area contributed by atoms with Crippen LogP contribution in [-0.4, -0.2) is 12.5 Å². The molecule has 0 saturated carbocycles. The molecular formula is C26H29ClO2. The van der Waals surface area contributed by atoms with Crippen LogP contribution >= 0.6 is 11.6 Å². The number of benzene rings is 3. The fourth-order valence-electron chi connectivity index (χ4n) is 3.56. The fraction of sp³-hybridized carbons (Fsp3) is 0.308. The summed E-state index contributed by atoms with van der Waals surface area (Å²) in [4.78, 5) is 0. The van der Waals surface area contributed by atoms with Crippen LogP contribution < -0.4 is 9.47 Å². The highest BCUT2D eigenvalue weighted by atomic mass is 35.5. The number of para-hydroxylation sites is 2. The average Bonchev–Trinajstić information content (AvgIpc) is 2.73. The molecular weight excluding hydrogens is 380 g/mol. The Labute approximate surface area is 179 Å². The number of ether oxygens (including phenoxy) is 2. The van der Waals surface area contributed by atoms with Gasteiger partial charge in [-0.2, -0.15) is 0 Å². The Hall–Kier alpha value is -2.45. The van der Waals surface area contributed by atoms with Crippen molar-refractivity contribution in [3.8, 4) is 17.2 Å². The van der Waals surface area contributed by atoms with Gasteiger partial charge in [-0.3, -0.25) is 0 Å². The van der Waals surface area contributed by atoms with Crippen molar-refractivity contribution in [2.24, 2.45) is 0 Å². The van der Waals surface area contributed by atoms with Crippen LogP contribution in [0.1, 0.15) is 37.8 Å². The van der Waals surface area contributed by atoms with Crippen molar-refractivity contribution in [2.75, 3.05) is 12.5 Å². The number of rotatable bonds is 10. The second-order valence-corrected chi connectivity index (χ2v) is 8.21. The first-order valence-corrected chi connectivity index (χ1v) is 10.7. The fourth-order valence-corrected chi connectivity index (χ4v) is 3.64. The highest BCUT2D eigenvalue weighted by Gasteiger charge is 2.23. The van der Waals surface area contributed by atoms with Gasteiger partial charge in [-0.25, -0.2) is 0 Å². The van der Waals surface area contributed by atoms with Gasteiger partial charge in [-0.05, 0) is 66.1 Å². The topological polar surface area (TPSA) is 18.5 Å². The molecule has 0 saturated heterocycles. The highest BCUT2D eigenvalue weighted by Crippen LogP contribution is 2.35. The predicted octanol–water partition coefficient (Wildman–Crippen LogP) is 7.40. The molecule has 3 heteroatoms. The summed E-state index contributed by atoms with van der Waals surface area (Å²) in [6.45, 7) is 5.10. The second kappa shape index (κ2) is 10.4. The van der Waals surface area contributed by atoms with Crippen molar-refractivity contribution in [1.82, 2.24) is 0 Å². The van der Waals surface area contributed by atoms with Gasteiger partial charge in [0.15, 0.2) is 0 Å². The predicted molar refractivity (Wildman–Crippen MR) is 122 cm³/mol. The Kier molecular flexibility index (Phi) is 7.60. The van der Waals surface area contributed by atoms with E-state index in [-0.39, 0.29) is 5.41 Å². The van der Waals surface area contributed by atoms with Gasteiger partial charge in [-0.1, -0.05) is 62.4 Å². The summed E-state index contributed by atoms with van der Waals surface area (Å²) in [5, 5.41) is 0. The molecule has 3 aromatic rings. The third kappa shape index (κ3) is 6.27. The van der Waals surface area contributed by atoms with E-state index in [1.165, 1.54) is 11.1 Å². The van der Waals surface area contributed by atoms with Crippen LogP contribution in [-0.2, 0) is 11.8 Å². The molecule has 0 fully saturated rings. The summed E-state index contributed by atoms with van der Waals surface area (Å²) in [7, 11) is 0. The summed E-state index contributed by atoms with van der Waals surface area (Å²) in [5.41, 5.74) is 2.56. The van der Waals surface area contributed by atoms with E-state index in [2.05, 4.69) is 44.2 Å². The third-order valence-corrected chi connectivity index (χ3v) is 5.25. The first-order valence-electron chi connectivity index (χ1n) is 10.2. The zero-order valence-corrected chi connectivity index (χ0v) is 18.0. The molecule has 0 aliphatic heterocycles. The molecule has 0 spiro atoms. The van der Waals surface area contributed by atoms with Gasteiger partial charge >= 0.3 is 0 Å². The monoisotopic (exact) mass is 408 g/mol. The molecule has 2 nitrogen and oxygen atoms in total. The van der Waals surface area contributed by atoms with Crippen LogP contribution in [0.4, 0.5) is 0 Å². The van der Waals surface area contributed by atoms with Crippen molar-refractivity contribution in [2.45, 2.75) is 38.5 Å². The first-order chi connectivity index (χ1) is 14.1. The van der Waals surface area contributed by atoms with Crippen LogP contribution in [0.3, 0.4) is 0 Å². The largest absolute Gasteiger partial charge is 0.492 e. The summed E-state index contributed by atoms with van der Waals surface area (Å²) in [6.07, 6.45) is 3.17. The van der Waals surface area contributed by atoms with E-state index in [1.54, 1.807) is 0 Å². The van der Waals surface area contributed by atoms with Crippen molar-refractivity contribution < 1.29 is 9.47 Å². The standard InChI is InChI=1S/C26H29ClO2/c1-26(2,24-15-6-7-16-25(24)28-19-18-27)17-9-11-21-10-8-14-23(20-21)29-22-12-4-3-5-13-22/h3-8,10,12-16,20H,9,11,17-19H2,1-2H3. The number of halogens is 1. The van der Waals surface area contributed by atoms with Crippen LogP contribution in [0.2, 0.25) is 0 Å². The van der Waals surface area contributed by atoms with E-state index in [1.807, 2.05) is 48.5 Å². The molecule has 3 aromatic carbocycles. The Morgan fingerprint density at radius 3 is 2.34 bits per heavy atom. The summed E-state index contributed by atoms with van der Waals surface area (Å²) < 4.78 is 11.8. The molecule has 3 rings (SSSR count). The molecule has 152 valence electrons. The lowest BCUT2D eigenvalue weighted by atomic mass is 9.79. The van der Waals surface area contributed by atoms with Gasteiger partial charge in [-0.15, -0.1) is 11.6 Å². The lowest BCUT2D eigenvalue weighted by molar-refractivity contribution is 0.326. The molecule has 0 atom stereocenters. The third-order valence-electron chi connectivity index (χ3n) is 5.10. The van der Waals surface area contributed by atoms with Gasteiger partial charge < -0.3 is 9.47 Å². The number of hydrogen-bond acceptors (Lipinski definition) is 2. The molecule has 0 N–H and O–H groups in total. The van der Waals surface area contributed by atoms with Crippen LogP contribution in [0.25, 0.3) is 0 Å². The van der Waals surface area contributed by atoms with Crippen LogP contribution in [0.15, 0.2) is 78.9 Å². The highest BCUT2D eigenvalue weighted by molar-refractivity contribution is 6.18. The van der Waals surface area contributed by atoms with Crippen molar-refractivity contribution in [3.05, 3.63) is 90.0 Å². The maximum absolute atomic E-state index is 5.96. The molecule has 0 aromatic heterocycles. The van der Waals surface area contributed by atoms with E-state index in [0.717, 1.165) is 36.5 Å². The molecule has 0 heterocycles. The number of aryl methyl sites for hydroxylation is 1. The average molecular weight is 409 g/mol. The maximum Gasteiger partial charge on any atom is 0.127 e. The van der Waals surface area contributed by atoms with Gasteiger partial charge in [0.1, 0.15) is 23.9 Å². The van der Waals surface area contributed by atoms with Crippen LogP contribution in [0.5, 0.6) is 17.2 Å². The molecule has 0 aliphatic carbocycles. The first kappa shape index (κ1) is 21.3. The Bertz CT molecular complexity index is 890. The second-order valence-electron chi connectivity index (χ2n) is 7.83. The maximum atomic E-state index is 5.96. The van der Waals surface area contributed by atoms with Gasteiger partial charge in [0.05, 0.1) is 5.88 Å². The van der Waals surface area contributed by atoms with Crippen molar-refractivity contribution in [3.63, 3.8) is 0 Å². The molecule has 0 amide bonds. The van der Waals surface area contributed by atoms with Crippen molar-refractivity contribution in [1.29, 1.82) is 0 Å². The van der Waals surface area contributed by atoms with E-state index in [0.29, 0.717) is 12.5 Å². The lowest BCUT2D eigenvalue weighted by Gasteiger charge is -2.27. The van der Waals surface area contributed by atoms with Gasteiger partial charge in [0.2, 0.25) is 0 Å². The number of alkyl halides is 1. The quantitative estimate of drug-likeness (QED) is 0.325. The minimum Gasteiger partial charge on any atom is -0.492 e. The molecule has 0 bridgehead atoms. The van der Waals surface area contributed by atoms with Gasteiger partial charge in [0, 0.05) is 0 Å².